The zero-order valence-electron chi connectivity index (χ0n) is 11.3. The predicted molar refractivity (Wildman–Crippen MR) is 71.8 cm³/mol. The van der Waals surface area contributed by atoms with Crippen molar-refractivity contribution in [3.05, 3.63) is 0 Å². The van der Waals surface area contributed by atoms with E-state index in [1.165, 1.54) is 51.5 Å². The van der Waals surface area contributed by atoms with E-state index >= 15 is 0 Å². The summed E-state index contributed by atoms with van der Waals surface area (Å²) in [5.41, 5.74) is 6.22. The summed E-state index contributed by atoms with van der Waals surface area (Å²) in [6, 6.07) is 0.422. The van der Waals surface area contributed by atoms with Crippen molar-refractivity contribution in [1.82, 2.24) is 4.90 Å². The summed E-state index contributed by atoms with van der Waals surface area (Å²) in [5.74, 6) is 4.11. The van der Waals surface area contributed by atoms with E-state index in [4.69, 9.17) is 5.73 Å². The molecule has 4 atom stereocenters. The Morgan fingerprint density at radius 1 is 1.18 bits per heavy atom. The van der Waals surface area contributed by atoms with E-state index in [1.54, 1.807) is 0 Å². The Hall–Kier alpha value is -0.0800. The molecule has 0 radical (unpaired) electrons. The standard InChI is InChI=1S/C15H28N2/c1-17(10-15(16)8-11-2-3-11)9-14-7-12-4-5-13(14)6-12/h11-15H,2-10,16H2,1H3/t12?,13?,14?,15-/m0/s1. The van der Waals surface area contributed by atoms with E-state index in [0.29, 0.717) is 6.04 Å². The van der Waals surface area contributed by atoms with E-state index in [-0.39, 0.29) is 0 Å². The molecule has 0 heterocycles. The third-order valence-electron chi connectivity index (χ3n) is 5.31. The molecule has 3 rings (SSSR count). The van der Waals surface area contributed by atoms with Crippen LogP contribution in [0.25, 0.3) is 0 Å². The summed E-state index contributed by atoms with van der Waals surface area (Å²) in [6.07, 6.45) is 10.2. The van der Waals surface area contributed by atoms with Gasteiger partial charge in [-0.15, -0.1) is 0 Å². The lowest BCUT2D eigenvalue weighted by Gasteiger charge is -2.28. The second kappa shape index (κ2) is 4.89. The van der Waals surface area contributed by atoms with E-state index < -0.39 is 0 Å². The van der Waals surface area contributed by atoms with Crippen molar-refractivity contribution in [1.29, 1.82) is 0 Å². The Balaban J connectivity index is 1.38. The SMILES string of the molecule is CN(CC1CC2CCC1C2)C[C@@H](N)CC1CC1. The fourth-order valence-electron chi connectivity index (χ4n) is 4.33. The molecule has 0 aliphatic heterocycles. The number of rotatable bonds is 6. The van der Waals surface area contributed by atoms with Gasteiger partial charge in [-0.05, 0) is 56.4 Å². The molecule has 2 N–H and O–H groups in total. The van der Waals surface area contributed by atoms with Crippen LogP contribution in [-0.2, 0) is 0 Å². The Bertz CT molecular complexity index is 262. The number of hydrogen-bond donors (Lipinski definition) is 1. The minimum atomic E-state index is 0.422. The van der Waals surface area contributed by atoms with Gasteiger partial charge in [-0.2, -0.15) is 0 Å². The minimum Gasteiger partial charge on any atom is -0.327 e. The number of nitrogens with zero attached hydrogens (tertiary/aromatic N) is 1. The van der Waals surface area contributed by atoms with Gasteiger partial charge < -0.3 is 10.6 Å². The summed E-state index contributed by atoms with van der Waals surface area (Å²) >= 11 is 0. The van der Waals surface area contributed by atoms with Gasteiger partial charge in [-0.25, -0.2) is 0 Å². The highest BCUT2D eigenvalue weighted by Gasteiger charge is 2.39. The van der Waals surface area contributed by atoms with Crippen molar-refractivity contribution in [3.8, 4) is 0 Å². The van der Waals surface area contributed by atoms with Crippen molar-refractivity contribution in [3.63, 3.8) is 0 Å². The van der Waals surface area contributed by atoms with Crippen molar-refractivity contribution in [2.75, 3.05) is 20.1 Å². The maximum absolute atomic E-state index is 6.22. The fraction of sp³-hybridized carbons (Fsp3) is 1.00. The van der Waals surface area contributed by atoms with Crippen LogP contribution < -0.4 is 5.73 Å². The second-order valence-corrected chi connectivity index (χ2v) is 7.10. The quantitative estimate of drug-likeness (QED) is 0.767. The van der Waals surface area contributed by atoms with Crippen LogP contribution in [0.4, 0.5) is 0 Å². The van der Waals surface area contributed by atoms with Gasteiger partial charge in [0.05, 0.1) is 0 Å². The normalized spacial score (nSPS) is 37.9. The molecular formula is C15H28N2. The Kier molecular flexibility index (Phi) is 3.45. The maximum Gasteiger partial charge on any atom is 0.0170 e. The van der Waals surface area contributed by atoms with Gasteiger partial charge in [0.2, 0.25) is 0 Å². The first-order chi connectivity index (χ1) is 8.20. The average molecular weight is 236 g/mol. The Morgan fingerprint density at radius 2 is 2.00 bits per heavy atom. The molecule has 3 unspecified atom stereocenters. The lowest BCUT2D eigenvalue weighted by Crippen LogP contribution is -2.38. The molecule has 3 aliphatic carbocycles. The highest BCUT2D eigenvalue weighted by atomic mass is 15.1. The minimum absolute atomic E-state index is 0.422. The van der Waals surface area contributed by atoms with Crippen molar-refractivity contribution in [2.24, 2.45) is 29.4 Å². The molecule has 0 saturated heterocycles. The van der Waals surface area contributed by atoms with Gasteiger partial charge in [0, 0.05) is 19.1 Å². The highest BCUT2D eigenvalue weighted by molar-refractivity contribution is 4.91. The summed E-state index contributed by atoms with van der Waals surface area (Å²) in [7, 11) is 2.28. The monoisotopic (exact) mass is 236 g/mol. The zero-order valence-corrected chi connectivity index (χ0v) is 11.3. The summed E-state index contributed by atoms with van der Waals surface area (Å²) in [6.45, 7) is 2.42. The summed E-state index contributed by atoms with van der Waals surface area (Å²) in [5, 5.41) is 0. The summed E-state index contributed by atoms with van der Waals surface area (Å²) in [4.78, 5) is 2.51. The van der Waals surface area contributed by atoms with E-state index in [2.05, 4.69) is 11.9 Å². The topological polar surface area (TPSA) is 29.3 Å². The highest BCUT2D eigenvalue weighted by Crippen LogP contribution is 2.48. The van der Waals surface area contributed by atoms with Crippen molar-refractivity contribution < 1.29 is 0 Å². The first-order valence-corrected chi connectivity index (χ1v) is 7.65. The van der Waals surface area contributed by atoms with Crippen LogP contribution in [0.15, 0.2) is 0 Å². The fourth-order valence-corrected chi connectivity index (χ4v) is 4.33. The van der Waals surface area contributed by atoms with Crippen LogP contribution in [0.2, 0.25) is 0 Å². The van der Waals surface area contributed by atoms with Crippen LogP contribution in [0.1, 0.15) is 44.9 Å². The second-order valence-electron chi connectivity index (χ2n) is 7.10. The number of hydrogen-bond acceptors (Lipinski definition) is 2. The Labute approximate surface area is 106 Å². The molecule has 3 aliphatic rings. The van der Waals surface area contributed by atoms with E-state index in [0.717, 1.165) is 30.2 Å². The number of likely N-dealkylation sites (N-methyl/N-ethyl adjacent to an activating group) is 1. The third kappa shape index (κ3) is 3.03. The molecule has 0 spiro atoms. The van der Waals surface area contributed by atoms with Gasteiger partial charge in [0.15, 0.2) is 0 Å². The first kappa shape index (κ1) is 12.0. The molecule has 2 bridgehead atoms. The Morgan fingerprint density at radius 3 is 2.59 bits per heavy atom. The van der Waals surface area contributed by atoms with Crippen molar-refractivity contribution in [2.45, 2.75) is 51.0 Å². The molecule has 3 fully saturated rings. The molecule has 17 heavy (non-hydrogen) atoms. The number of nitrogens with two attached hydrogens (primary N) is 1. The van der Waals surface area contributed by atoms with Gasteiger partial charge in [0.1, 0.15) is 0 Å². The molecule has 98 valence electrons. The maximum atomic E-state index is 6.22. The van der Waals surface area contributed by atoms with Crippen LogP contribution in [-0.4, -0.2) is 31.1 Å². The molecule has 0 aromatic carbocycles. The molecule has 0 aromatic rings. The first-order valence-electron chi connectivity index (χ1n) is 7.65. The lowest BCUT2D eigenvalue weighted by molar-refractivity contribution is 0.208. The zero-order chi connectivity index (χ0) is 11.8. The van der Waals surface area contributed by atoms with Gasteiger partial charge in [0.25, 0.3) is 0 Å². The predicted octanol–water partition coefficient (Wildman–Crippen LogP) is 2.48. The van der Waals surface area contributed by atoms with Crippen LogP contribution >= 0.6 is 0 Å². The smallest absolute Gasteiger partial charge is 0.0170 e. The molecule has 2 nitrogen and oxygen atoms in total. The average Bonchev–Trinajstić information content (AvgIpc) is 2.85. The number of fused-ring (bicyclic) bond motifs is 2. The van der Waals surface area contributed by atoms with Crippen LogP contribution in [0.3, 0.4) is 0 Å². The largest absolute Gasteiger partial charge is 0.327 e. The van der Waals surface area contributed by atoms with Gasteiger partial charge >= 0.3 is 0 Å². The van der Waals surface area contributed by atoms with Crippen molar-refractivity contribution >= 4 is 0 Å². The molecular weight excluding hydrogens is 208 g/mol. The van der Waals surface area contributed by atoms with Gasteiger partial charge in [-0.3, -0.25) is 0 Å². The summed E-state index contributed by atoms with van der Waals surface area (Å²) < 4.78 is 0. The van der Waals surface area contributed by atoms with Gasteiger partial charge in [-0.1, -0.05) is 19.3 Å². The van der Waals surface area contributed by atoms with Crippen LogP contribution in [0.5, 0.6) is 0 Å². The molecule has 2 heteroatoms. The van der Waals surface area contributed by atoms with E-state index in [9.17, 15) is 0 Å². The van der Waals surface area contributed by atoms with E-state index in [1.807, 2.05) is 0 Å². The third-order valence-corrected chi connectivity index (χ3v) is 5.31. The molecule has 0 aromatic heterocycles. The lowest BCUT2D eigenvalue weighted by atomic mass is 9.88. The molecule has 3 saturated carbocycles. The molecule has 0 amide bonds. The van der Waals surface area contributed by atoms with Crippen LogP contribution in [0, 0.1) is 23.7 Å².